The van der Waals surface area contributed by atoms with Gasteiger partial charge in [-0.1, -0.05) is 67.1 Å². The molecule has 0 fully saturated rings. The highest BCUT2D eigenvalue weighted by atomic mass is 16.6. The van der Waals surface area contributed by atoms with Gasteiger partial charge in [-0.05, 0) is 58.1 Å². The molecule has 0 heterocycles. The Morgan fingerprint density at radius 3 is 1.89 bits per heavy atom. The maximum atomic E-state index is 12.8. The molecule has 2 aromatic rings. The van der Waals surface area contributed by atoms with Gasteiger partial charge in [0.05, 0.1) is 19.6 Å². The van der Waals surface area contributed by atoms with Crippen molar-refractivity contribution in [2.45, 2.75) is 70.9 Å². The number of amides is 1. The van der Waals surface area contributed by atoms with E-state index in [9.17, 15) is 14.4 Å². The van der Waals surface area contributed by atoms with Gasteiger partial charge < -0.3 is 19.5 Å². The van der Waals surface area contributed by atoms with Crippen LogP contribution in [0.4, 0.5) is 4.79 Å². The Hall–Kier alpha value is -3.35. The van der Waals surface area contributed by atoms with Gasteiger partial charge in [-0.3, -0.25) is 4.79 Å². The van der Waals surface area contributed by atoms with Crippen LogP contribution < -0.4 is 5.32 Å². The number of alkyl carbamates (subject to hydrolysis) is 1. The molecule has 0 spiro atoms. The van der Waals surface area contributed by atoms with Gasteiger partial charge in [-0.25, -0.2) is 9.59 Å². The van der Waals surface area contributed by atoms with E-state index in [0.29, 0.717) is 6.42 Å². The number of ether oxygens (including phenoxy) is 3. The summed E-state index contributed by atoms with van der Waals surface area (Å²) in [6, 6.07) is 19.5. The maximum Gasteiger partial charge on any atom is 0.408 e. The minimum absolute atomic E-state index is 0.0616. The molecule has 0 aliphatic carbocycles. The summed E-state index contributed by atoms with van der Waals surface area (Å²) < 4.78 is 15.5. The largest absolute Gasteiger partial charge is 0.467 e. The van der Waals surface area contributed by atoms with Crippen molar-refractivity contribution in [1.29, 1.82) is 0 Å². The third kappa shape index (κ3) is 9.72. The maximum absolute atomic E-state index is 12.8. The van der Waals surface area contributed by atoms with Crippen molar-refractivity contribution >= 4 is 18.0 Å². The minimum atomic E-state index is -1.03. The van der Waals surface area contributed by atoms with Crippen molar-refractivity contribution in [3.05, 3.63) is 71.8 Å². The highest BCUT2D eigenvalue weighted by Gasteiger charge is 2.31. The molecular formula is C29H39NO6. The van der Waals surface area contributed by atoms with Gasteiger partial charge in [0.2, 0.25) is 0 Å². The van der Waals surface area contributed by atoms with Gasteiger partial charge in [0, 0.05) is 5.92 Å². The first-order valence-electron chi connectivity index (χ1n) is 12.5. The number of carbonyl (C=O) groups is 3. The van der Waals surface area contributed by atoms with Crippen LogP contribution >= 0.6 is 0 Å². The average molecular weight is 498 g/mol. The second-order valence-corrected chi connectivity index (χ2v) is 9.71. The van der Waals surface area contributed by atoms with Crippen molar-refractivity contribution in [2.24, 2.45) is 5.92 Å². The molecule has 1 unspecified atom stereocenters. The van der Waals surface area contributed by atoms with Gasteiger partial charge in [0.25, 0.3) is 0 Å². The fraction of sp³-hybridized carbons (Fsp3) is 0.483. The summed E-state index contributed by atoms with van der Waals surface area (Å²) in [5.41, 5.74) is 1.68. The lowest BCUT2D eigenvalue weighted by molar-refractivity contribution is -0.150. The molecule has 0 saturated carbocycles. The standard InChI is InChI=1S/C29H39NO6/c1-6-35-26(31)23(20-25(27(32)34-5)30-28(33)36-29(2,3)4)18-13-19-24(21-14-9-7-10-15-21)22-16-11-8-12-17-22/h7-12,14-17,23-25H,6,13,18-20H2,1-5H3,(H,30,33)/t23?,25-/m0/s1. The summed E-state index contributed by atoms with van der Waals surface area (Å²) in [4.78, 5) is 37.6. The Labute approximate surface area is 214 Å². The minimum Gasteiger partial charge on any atom is -0.467 e. The summed E-state index contributed by atoms with van der Waals surface area (Å²) in [6.07, 6.45) is 1.35. The topological polar surface area (TPSA) is 90.9 Å². The van der Waals surface area contributed by atoms with Crippen LogP contribution in [0.15, 0.2) is 60.7 Å². The molecule has 2 rings (SSSR count). The molecule has 2 atom stereocenters. The molecule has 0 aliphatic rings. The lowest BCUT2D eigenvalue weighted by Gasteiger charge is -2.25. The Balaban J connectivity index is 2.15. The highest BCUT2D eigenvalue weighted by Crippen LogP contribution is 2.31. The lowest BCUT2D eigenvalue weighted by atomic mass is 9.85. The zero-order valence-electron chi connectivity index (χ0n) is 22.0. The van der Waals surface area contributed by atoms with Crippen LogP contribution in [0.3, 0.4) is 0 Å². The van der Waals surface area contributed by atoms with Crippen molar-refractivity contribution < 1.29 is 28.6 Å². The lowest BCUT2D eigenvalue weighted by Crippen LogP contribution is -2.45. The summed E-state index contributed by atoms with van der Waals surface area (Å²) in [5, 5.41) is 2.56. The Bertz CT molecular complexity index is 915. The Morgan fingerprint density at radius 1 is 0.861 bits per heavy atom. The molecule has 0 bridgehead atoms. The Kier molecular flexibility index (Phi) is 11.4. The van der Waals surface area contributed by atoms with Crippen LogP contribution in [0, 0.1) is 5.92 Å². The van der Waals surface area contributed by atoms with Crippen LogP contribution in [0.25, 0.3) is 0 Å². The normalized spacial score (nSPS) is 12.9. The van der Waals surface area contributed by atoms with Gasteiger partial charge in [0.1, 0.15) is 11.6 Å². The zero-order chi connectivity index (χ0) is 26.6. The van der Waals surface area contributed by atoms with E-state index in [4.69, 9.17) is 14.2 Å². The molecule has 196 valence electrons. The first-order chi connectivity index (χ1) is 17.1. The van der Waals surface area contributed by atoms with Crippen LogP contribution in [0.5, 0.6) is 0 Å². The molecule has 0 aromatic heterocycles. The summed E-state index contributed by atoms with van der Waals surface area (Å²) in [7, 11) is 1.25. The highest BCUT2D eigenvalue weighted by molar-refractivity contribution is 5.82. The number of benzene rings is 2. The number of hydrogen-bond donors (Lipinski definition) is 1. The summed E-state index contributed by atoms with van der Waals surface area (Å²) in [6.45, 7) is 7.17. The number of esters is 2. The fourth-order valence-electron chi connectivity index (χ4n) is 4.15. The second-order valence-electron chi connectivity index (χ2n) is 9.71. The number of methoxy groups -OCH3 is 1. The molecular weight excluding hydrogens is 458 g/mol. The average Bonchev–Trinajstić information content (AvgIpc) is 2.84. The van der Waals surface area contributed by atoms with Crippen LogP contribution in [0.2, 0.25) is 0 Å². The molecule has 1 N–H and O–H groups in total. The van der Waals surface area contributed by atoms with E-state index in [-0.39, 0.29) is 18.9 Å². The van der Waals surface area contributed by atoms with E-state index >= 15 is 0 Å². The monoisotopic (exact) mass is 497 g/mol. The van der Waals surface area contributed by atoms with Crippen LogP contribution in [-0.4, -0.2) is 43.4 Å². The first kappa shape index (κ1) is 28.9. The van der Waals surface area contributed by atoms with E-state index in [1.54, 1.807) is 27.7 Å². The van der Waals surface area contributed by atoms with Crippen molar-refractivity contribution in [3.8, 4) is 0 Å². The third-order valence-electron chi connectivity index (χ3n) is 5.77. The number of rotatable bonds is 12. The first-order valence-corrected chi connectivity index (χ1v) is 12.5. The molecule has 0 saturated heterocycles. The molecule has 7 nitrogen and oxygen atoms in total. The second kappa shape index (κ2) is 14.3. The van der Waals surface area contributed by atoms with E-state index in [2.05, 4.69) is 29.6 Å². The van der Waals surface area contributed by atoms with Gasteiger partial charge in [-0.2, -0.15) is 0 Å². The molecule has 36 heavy (non-hydrogen) atoms. The van der Waals surface area contributed by atoms with Crippen LogP contribution in [0.1, 0.15) is 70.4 Å². The molecule has 0 aliphatic heterocycles. The molecule has 1 amide bonds. The number of carbonyl (C=O) groups excluding carboxylic acids is 3. The SMILES string of the molecule is CCOC(=O)C(CCCC(c1ccccc1)c1ccccc1)C[C@H](NC(=O)OC(C)(C)C)C(=O)OC. The molecule has 2 aromatic carbocycles. The van der Waals surface area contributed by atoms with Crippen LogP contribution in [-0.2, 0) is 23.8 Å². The zero-order valence-corrected chi connectivity index (χ0v) is 22.0. The predicted octanol–water partition coefficient (Wildman–Crippen LogP) is 5.62. The van der Waals surface area contributed by atoms with Gasteiger partial charge in [0.15, 0.2) is 0 Å². The van der Waals surface area contributed by atoms with Crippen molar-refractivity contribution in [1.82, 2.24) is 5.32 Å². The summed E-state index contributed by atoms with van der Waals surface area (Å²) in [5.74, 6) is -1.45. The number of nitrogens with one attached hydrogen (secondary N) is 1. The van der Waals surface area contributed by atoms with Gasteiger partial charge in [-0.15, -0.1) is 0 Å². The van der Waals surface area contributed by atoms with E-state index in [1.165, 1.54) is 18.2 Å². The van der Waals surface area contributed by atoms with Crippen molar-refractivity contribution in [3.63, 3.8) is 0 Å². The van der Waals surface area contributed by atoms with E-state index in [1.807, 2.05) is 36.4 Å². The van der Waals surface area contributed by atoms with E-state index in [0.717, 1.165) is 12.8 Å². The predicted molar refractivity (Wildman–Crippen MR) is 138 cm³/mol. The number of hydrogen-bond acceptors (Lipinski definition) is 6. The van der Waals surface area contributed by atoms with Crippen molar-refractivity contribution in [2.75, 3.05) is 13.7 Å². The van der Waals surface area contributed by atoms with Gasteiger partial charge >= 0.3 is 18.0 Å². The molecule has 0 radical (unpaired) electrons. The summed E-state index contributed by atoms with van der Waals surface area (Å²) >= 11 is 0. The van der Waals surface area contributed by atoms with E-state index < -0.39 is 35.6 Å². The fourth-order valence-corrected chi connectivity index (χ4v) is 4.15. The smallest absolute Gasteiger partial charge is 0.408 e. The molecule has 7 heteroatoms. The quantitative estimate of drug-likeness (QED) is 0.302. The Morgan fingerprint density at radius 2 is 1.42 bits per heavy atom. The third-order valence-corrected chi connectivity index (χ3v) is 5.77.